The lowest BCUT2D eigenvalue weighted by Gasteiger charge is -2.03. The molecule has 0 bridgehead atoms. The van der Waals surface area contributed by atoms with E-state index in [1.54, 1.807) is 0 Å². The number of fused-ring (bicyclic) bond motifs is 1. The van der Waals surface area contributed by atoms with Gasteiger partial charge in [-0.15, -0.1) is 0 Å². The molecule has 1 aliphatic rings. The van der Waals surface area contributed by atoms with Crippen molar-refractivity contribution >= 4 is 39.2 Å². The maximum atomic E-state index is 12.1. The second-order valence-corrected chi connectivity index (χ2v) is 5.62. The molecule has 106 valence electrons. The van der Waals surface area contributed by atoms with Crippen molar-refractivity contribution in [2.75, 3.05) is 11.9 Å². The minimum absolute atomic E-state index is 0.0722. The van der Waals surface area contributed by atoms with Crippen LogP contribution < -0.4 is 10.1 Å². The first-order valence-corrected chi connectivity index (χ1v) is 7.52. The van der Waals surface area contributed by atoms with Crippen LogP contribution in [0.5, 0.6) is 5.75 Å². The fourth-order valence-electron chi connectivity index (χ4n) is 2.30. The molecule has 2 aromatic carbocycles. The van der Waals surface area contributed by atoms with Crippen molar-refractivity contribution in [2.24, 2.45) is 0 Å². The summed E-state index contributed by atoms with van der Waals surface area (Å²) in [6.07, 6.45) is 1.89. The van der Waals surface area contributed by atoms with Crippen LogP contribution in [0.15, 0.2) is 46.9 Å². The van der Waals surface area contributed by atoms with Gasteiger partial charge in [-0.05, 0) is 48.9 Å². The van der Waals surface area contributed by atoms with Gasteiger partial charge in [-0.2, -0.15) is 0 Å². The summed E-state index contributed by atoms with van der Waals surface area (Å²) in [5, 5.41) is 2.87. The Morgan fingerprint density at radius 3 is 2.67 bits per heavy atom. The van der Waals surface area contributed by atoms with Gasteiger partial charge in [-0.25, -0.2) is 0 Å². The summed E-state index contributed by atoms with van der Waals surface area (Å²) in [4.78, 5) is 12.1. The molecule has 0 saturated carbocycles. The summed E-state index contributed by atoms with van der Waals surface area (Å²) < 4.78 is 6.37. The molecule has 4 heteroatoms. The van der Waals surface area contributed by atoms with E-state index in [1.807, 2.05) is 55.5 Å². The Hall–Kier alpha value is -2.07. The van der Waals surface area contributed by atoms with Gasteiger partial charge in [-0.3, -0.25) is 4.79 Å². The molecule has 3 rings (SSSR count). The molecule has 0 aliphatic carbocycles. The molecule has 1 N–H and O–H groups in total. The normalized spacial score (nSPS) is 15.0. The number of ether oxygens (including phenoxy) is 1. The Bertz CT molecular complexity index is 720. The van der Waals surface area contributed by atoms with Crippen LogP contribution in [0.3, 0.4) is 0 Å². The summed E-state index contributed by atoms with van der Waals surface area (Å²) in [5.41, 5.74) is 3.41. The Labute approximate surface area is 131 Å². The first-order valence-electron chi connectivity index (χ1n) is 6.73. The van der Waals surface area contributed by atoms with E-state index in [0.29, 0.717) is 12.2 Å². The lowest BCUT2D eigenvalue weighted by atomic mass is 10.0. The zero-order chi connectivity index (χ0) is 14.8. The van der Waals surface area contributed by atoms with Gasteiger partial charge < -0.3 is 10.1 Å². The number of nitrogens with one attached hydrogen (secondary N) is 1. The molecule has 0 spiro atoms. The monoisotopic (exact) mass is 343 g/mol. The summed E-state index contributed by atoms with van der Waals surface area (Å²) in [5.74, 6) is 0.760. The number of rotatable bonds is 3. The highest BCUT2D eigenvalue weighted by Crippen LogP contribution is 2.35. The topological polar surface area (TPSA) is 38.3 Å². The molecule has 0 unspecified atom stereocenters. The van der Waals surface area contributed by atoms with Gasteiger partial charge in [0.15, 0.2) is 0 Å². The highest BCUT2D eigenvalue weighted by molar-refractivity contribution is 9.10. The molecular weight excluding hydrogens is 330 g/mol. The Kier molecular flexibility index (Phi) is 3.80. The van der Waals surface area contributed by atoms with Crippen LogP contribution in [0.25, 0.3) is 11.6 Å². The van der Waals surface area contributed by atoms with Crippen LogP contribution in [0.2, 0.25) is 0 Å². The molecule has 21 heavy (non-hydrogen) atoms. The second-order valence-electron chi connectivity index (χ2n) is 4.70. The van der Waals surface area contributed by atoms with Crippen LogP contribution in [0.4, 0.5) is 5.69 Å². The van der Waals surface area contributed by atoms with Crippen LogP contribution in [-0.2, 0) is 4.79 Å². The predicted molar refractivity (Wildman–Crippen MR) is 88.3 cm³/mol. The highest BCUT2D eigenvalue weighted by Gasteiger charge is 2.23. The Balaban J connectivity index is 1.96. The van der Waals surface area contributed by atoms with E-state index in [1.165, 1.54) is 0 Å². The fraction of sp³-hybridized carbons (Fsp3) is 0.118. The van der Waals surface area contributed by atoms with Gasteiger partial charge in [0.2, 0.25) is 0 Å². The first kappa shape index (κ1) is 13.9. The van der Waals surface area contributed by atoms with Gasteiger partial charge >= 0.3 is 0 Å². The summed E-state index contributed by atoms with van der Waals surface area (Å²) in [6.45, 7) is 2.60. The van der Waals surface area contributed by atoms with Gasteiger partial charge in [0.05, 0.1) is 6.61 Å². The van der Waals surface area contributed by atoms with Crippen molar-refractivity contribution in [3.05, 3.63) is 58.1 Å². The van der Waals surface area contributed by atoms with E-state index in [0.717, 1.165) is 27.0 Å². The maximum Gasteiger partial charge on any atom is 0.256 e. The summed E-state index contributed by atoms with van der Waals surface area (Å²) in [7, 11) is 0. The van der Waals surface area contributed by atoms with Crippen LogP contribution in [-0.4, -0.2) is 12.5 Å². The van der Waals surface area contributed by atoms with Crippen LogP contribution in [0, 0.1) is 0 Å². The zero-order valence-electron chi connectivity index (χ0n) is 11.5. The molecule has 0 fully saturated rings. The molecule has 1 aliphatic heterocycles. The molecule has 1 heterocycles. The molecule has 0 aromatic heterocycles. The van der Waals surface area contributed by atoms with Crippen molar-refractivity contribution < 1.29 is 9.53 Å². The number of hydrogen-bond acceptors (Lipinski definition) is 2. The zero-order valence-corrected chi connectivity index (χ0v) is 13.1. The van der Waals surface area contributed by atoms with Crippen molar-refractivity contribution in [3.63, 3.8) is 0 Å². The number of anilines is 1. The van der Waals surface area contributed by atoms with Crippen molar-refractivity contribution in [2.45, 2.75) is 6.92 Å². The Morgan fingerprint density at radius 1 is 1.19 bits per heavy atom. The summed E-state index contributed by atoms with van der Waals surface area (Å²) in [6, 6.07) is 13.5. The average molecular weight is 344 g/mol. The summed E-state index contributed by atoms with van der Waals surface area (Å²) >= 11 is 3.44. The highest BCUT2D eigenvalue weighted by atomic mass is 79.9. The van der Waals surface area contributed by atoms with Gasteiger partial charge in [0.1, 0.15) is 5.75 Å². The lowest BCUT2D eigenvalue weighted by molar-refractivity contribution is -0.110. The van der Waals surface area contributed by atoms with Crippen LogP contribution in [0.1, 0.15) is 18.1 Å². The SMILES string of the molecule is CCOc1ccc(/C=C2\C(=O)Nc3ccc(Br)cc32)cc1. The number of carbonyl (C=O) groups is 1. The van der Waals surface area contributed by atoms with E-state index in [9.17, 15) is 4.79 Å². The van der Waals surface area contributed by atoms with Gasteiger partial charge in [0, 0.05) is 21.3 Å². The van der Waals surface area contributed by atoms with E-state index in [4.69, 9.17) is 4.74 Å². The second kappa shape index (κ2) is 5.74. The molecular formula is C17H14BrNO2. The molecule has 3 nitrogen and oxygen atoms in total. The van der Waals surface area contributed by atoms with Crippen molar-refractivity contribution in [1.82, 2.24) is 0 Å². The van der Waals surface area contributed by atoms with E-state index in [2.05, 4.69) is 21.2 Å². The number of amides is 1. The molecule has 2 aromatic rings. The van der Waals surface area contributed by atoms with E-state index in [-0.39, 0.29) is 5.91 Å². The predicted octanol–water partition coefficient (Wildman–Crippen LogP) is 4.34. The van der Waals surface area contributed by atoms with E-state index < -0.39 is 0 Å². The third-order valence-corrected chi connectivity index (χ3v) is 3.76. The quantitative estimate of drug-likeness (QED) is 0.841. The van der Waals surface area contributed by atoms with Gasteiger partial charge in [0.25, 0.3) is 5.91 Å². The van der Waals surface area contributed by atoms with E-state index >= 15 is 0 Å². The standard InChI is InChI=1S/C17H14BrNO2/c1-2-21-13-6-3-11(4-7-13)9-15-14-10-12(18)5-8-16(14)19-17(15)20/h3-10H,2H2,1H3,(H,19,20)/b15-9-. The number of carbonyl (C=O) groups excluding carboxylic acids is 1. The number of benzene rings is 2. The molecule has 0 atom stereocenters. The molecule has 0 radical (unpaired) electrons. The lowest BCUT2D eigenvalue weighted by Crippen LogP contribution is -2.03. The largest absolute Gasteiger partial charge is 0.494 e. The number of halogens is 1. The fourth-order valence-corrected chi connectivity index (χ4v) is 2.66. The molecule has 0 saturated heterocycles. The Morgan fingerprint density at radius 2 is 1.95 bits per heavy atom. The van der Waals surface area contributed by atoms with Crippen LogP contribution >= 0.6 is 15.9 Å². The number of hydrogen-bond donors (Lipinski definition) is 1. The first-order chi connectivity index (χ1) is 10.2. The average Bonchev–Trinajstić information content (AvgIpc) is 2.77. The third-order valence-electron chi connectivity index (χ3n) is 3.27. The van der Waals surface area contributed by atoms with Gasteiger partial charge in [-0.1, -0.05) is 28.1 Å². The van der Waals surface area contributed by atoms with Crippen molar-refractivity contribution in [3.8, 4) is 5.75 Å². The minimum Gasteiger partial charge on any atom is -0.494 e. The third kappa shape index (κ3) is 2.85. The molecule has 1 amide bonds. The smallest absolute Gasteiger partial charge is 0.256 e. The van der Waals surface area contributed by atoms with Crippen molar-refractivity contribution in [1.29, 1.82) is 0 Å². The minimum atomic E-state index is -0.0722. The maximum absolute atomic E-state index is 12.1.